The molecule has 0 bridgehead atoms. The molecule has 0 spiro atoms. The van der Waals surface area contributed by atoms with Gasteiger partial charge in [-0.2, -0.15) is 0 Å². The van der Waals surface area contributed by atoms with E-state index in [0.29, 0.717) is 13.1 Å². The molecule has 1 rings (SSSR count). The summed E-state index contributed by atoms with van der Waals surface area (Å²) in [6.45, 7) is 1.88. The van der Waals surface area contributed by atoms with Crippen LogP contribution in [0.25, 0.3) is 0 Å². The minimum Gasteiger partial charge on any atom is -0.390 e. The molecule has 1 unspecified atom stereocenters. The Kier molecular flexibility index (Phi) is 5.98. The van der Waals surface area contributed by atoms with Crippen LogP contribution in [0.1, 0.15) is 5.56 Å². The molecule has 4 heteroatoms. The average Bonchev–Trinajstić information content (AvgIpc) is 2.28. The standard InChI is InChI=1S/C12H19BrN2O/c1-15(9-12(16)8-14)7-6-10-2-4-11(13)5-3-10/h2-5,12,16H,6-9,14H2,1H3. The average molecular weight is 287 g/mol. The van der Waals surface area contributed by atoms with Crippen LogP contribution in [-0.2, 0) is 6.42 Å². The van der Waals surface area contributed by atoms with Gasteiger partial charge in [-0.25, -0.2) is 0 Å². The summed E-state index contributed by atoms with van der Waals surface area (Å²) in [6.07, 6.45) is 0.566. The molecule has 0 aliphatic carbocycles. The van der Waals surface area contributed by atoms with Crippen LogP contribution in [0.3, 0.4) is 0 Å². The number of benzene rings is 1. The number of hydrogen-bond donors (Lipinski definition) is 2. The number of hydrogen-bond acceptors (Lipinski definition) is 3. The quantitative estimate of drug-likeness (QED) is 0.827. The van der Waals surface area contributed by atoms with Crippen molar-refractivity contribution in [1.29, 1.82) is 0 Å². The van der Waals surface area contributed by atoms with Gasteiger partial charge >= 0.3 is 0 Å². The lowest BCUT2D eigenvalue weighted by Crippen LogP contribution is -2.35. The van der Waals surface area contributed by atoms with Gasteiger partial charge in [0.15, 0.2) is 0 Å². The Morgan fingerprint density at radius 3 is 2.56 bits per heavy atom. The SMILES string of the molecule is CN(CCc1ccc(Br)cc1)CC(O)CN. The second kappa shape index (κ2) is 7.01. The van der Waals surface area contributed by atoms with Crippen LogP contribution in [0.2, 0.25) is 0 Å². The molecular formula is C12H19BrN2O. The van der Waals surface area contributed by atoms with Gasteiger partial charge in [-0.15, -0.1) is 0 Å². The molecule has 0 saturated carbocycles. The summed E-state index contributed by atoms with van der Waals surface area (Å²) < 4.78 is 1.10. The highest BCUT2D eigenvalue weighted by Crippen LogP contribution is 2.11. The van der Waals surface area contributed by atoms with E-state index in [2.05, 4.69) is 33.0 Å². The molecule has 3 N–H and O–H groups in total. The summed E-state index contributed by atoms with van der Waals surface area (Å²) in [7, 11) is 2.00. The first-order valence-corrected chi connectivity index (χ1v) is 6.22. The van der Waals surface area contributed by atoms with Gasteiger partial charge in [0.2, 0.25) is 0 Å². The fourth-order valence-corrected chi connectivity index (χ4v) is 1.76. The first-order chi connectivity index (χ1) is 7.61. The summed E-state index contributed by atoms with van der Waals surface area (Å²) in [5, 5.41) is 9.39. The van der Waals surface area contributed by atoms with Gasteiger partial charge in [0.05, 0.1) is 6.10 Å². The summed E-state index contributed by atoms with van der Waals surface area (Å²) in [4.78, 5) is 2.10. The maximum atomic E-state index is 9.39. The summed E-state index contributed by atoms with van der Waals surface area (Å²) in [6, 6.07) is 8.31. The van der Waals surface area contributed by atoms with Gasteiger partial charge in [-0.3, -0.25) is 0 Å². The van der Waals surface area contributed by atoms with Crippen molar-refractivity contribution >= 4 is 15.9 Å². The molecule has 1 aromatic rings. The van der Waals surface area contributed by atoms with E-state index < -0.39 is 6.10 Å². The molecular weight excluding hydrogens is 268 g/mol. The molecule has 0 amide bonds. The molecule has 3 nitrogen and oxygen atoms in total. The van der Waals surface area contributed by atoms with E-state index in [-0.39, 0.29) is 0 Å². The molecule has 90 valence electrons. The number of nitrogens with zero attached hydrogens (tertiary/aromatic N) is 1. The van der Waals surface area contributed by atoms with E-state index >= 15 is 0 Å². The third-order valence-corrected chi connectivity index (χ3v) is 3.02. The molecule has 0 fully saturated rings. The van der Waals surface area contributed by atoms with Gasteiger partial charge < -0.3 is 15.7 Å². The van der Waals surface area contributed by atoms with E-state index in [1.54, 1.807) is 0 Å². The Bertz CT molecular complexity index is 302. The van der Waals surface area contributed by atoms with Gasteiger partial charge in [-0.05, 0) is 31.2 Å². The van der Waals surface area contributed by atoms with Crippen molar-refractivity contribution < 1.29 is 5.11 Å². The van der Waals surface area contributed by atoms with Crippen molar-refractivity contribution in [2.45, 2.75) is 12.5 Å². The predicted octanol–water partition coefficient (Wildman–Crippen LogP) is 1.24. The largest absolute Gasteiger partial charge is 0.390 e. The zero-order chi connectivity index (χ0) is 12.0. The maximum Gasteiger partial charge on any atom is 0.0788 e. The van der Waals surface area contributed by atoms with Crippen molar-refractivity contribution in [2.24, 2.45) is 5.73 Å². The number of halogens is 1. The van der Waals surface area contributed by atoms with Gasteiger partial charge in [-0.1, -0.05) is 28.1 Å². The normalized spacial score (nSPS) is 13.1. The van der Waals surface area contributed by atoms with Gasteiger partial charge in [0, 0.05) is 24.1 Å². The smallest absolute Gasteiger partial charge is 0.0788 e. The number of aliphatic hydroxyl groups excluding tert-OH is 1. The zero-order valence-corrected chi connectivity index (χ0v) is 11.2. The second-order valence-electron chi connectivity index (χ2n) is 4.03. The molecule has 0 aliphatic heterocycles. The molecule has 0 radical (unpaired) electrons. The number of likely N-dealkylation sites (N-methyl/N-ethyl adjacent to an activating group) is 1. The highest BCUT2D eigenvalue weighted by atomic mass is 79.9. The van der Waals surface area contributed by atoms with Crippen LogP contribution in [0.5, 0.6) is 0 Å². The van der Waals surface area contributed by atoms with Crippen LogP contribution in [0.4, 0.5) is 0 Å². The van der Waals surface area contributed by atoms with Crippen LogP contribution < -0.4 is 5.73 Å². The Hall–Kier alpha value is -0.420. The minimum absolute atomic E-state index is 0.322. The molecule has 0 aromatic heterocycles. The summed E-state index contributed by atoms with van der Waals surface area (Å²) in [5.74, 6) is 0. The van der Waals surface area contributed by atoms with Gasteiger partial charge in [0.1, 0.15) is 0 Å². The Balaban J connectivity index is 2.31. The van der Waals surface area contributed by atoms with Crippen molar-refractivity contribution in [2.75, 3.05) is 26.7 Å². The fraction of sp³-hybridized carbons (Fsp3) is 0.500. The molecule has 0 heterocycles. The lowest BCUT2D eigenvalue weighted by molar-refractivity contribution is 0.133. The molecule has 16 heavy (non-hydrogen) atoms. The van der Waals surface area contributed by atoms with Crippen LogP contribution in [0.15, 0.2) is 28.7 Å². The highest BCUT2D eigenvalue weighted by molar-refractivity contribution is 9.10. The van der Waals surface area contributed by atoms with E-state index in [1.165, 1.54) is 5.56 Å². The monoisotopic (exact) mass is 286 g/mol. The van der Waals surface area contributed by atoms with Crippen molar-refractivity contribution in [1.82, 2.24) is 4.90 Å². The Morgan fingerprint density at radius 2 is 2.00 bits per heavy atom. The van der Waals surface area contributed by atoms with Crippen LogP contribution >= 0.6 is 15.9 Å². The molecule has 0 aliphatic rings. The van der Waals surface area contributed by atoms with Crippen LogP contribution in [0, 0.1) is 0 Å². The Labute approximate surface area is 105 Å². The summed E-state index contributed by atoms with van der Waals surface area (Å²) >= 11 is 3.41. The predicted molar refractivity (Wildman–Crippen MR) is 70.4 cm³/mol. The number of nitrogens with two attached hydrogens (primary N) is 1. The third kappa shape index (κ3) is 5.07. The van der Waals surface area contributed by atoms with E-state index in [1.807, 2.05) is 19.2 Å². The van der Waals surface area contributed by atoms with Crippen LogP contribution in [-0.4, -0.2) is 42.8 Å². The third-order valence-electron chi connectivity index (χ3n) is 2.49. The van der Waals surface area contributed by atoms with Crippen molar-refractivity contribution in [3.05, 3.63) is 34.3 Å². The zero-order valence-electron chi connectivity index (χ0n) is 9.56. The minimum atomic E-state index is -0.421. The topological polar surface area (TPSA) is 49.5 Å². The Morgan fingerprint density at radius 1 is 1.38 bits per heavy atom. The lowest BCUT2D eigenvalue weighted by atomic mass is 10.1. The van der Waals surface area contributed by atoms with E-state index in [4.69, 9.17) is 5.73 Å². The second-order valence-corrected chi connectivity index (χ2v) is 4.94. The van der Waals surface area contributed by atoms with Gasteiger partial charge in [0.25, 0.3) is 0 Å². The fourth-order valence-electron chi connectivity index (χ4n) is 1.50. The number of aliphatic hydroxyl groups is 1. The molecule has 1 aromatic carbocycles. The summed E-state index contributed by atoms with van der Waals surface area (Å²) in [5.41, 5.74) is 6.67. The molecule has 0 saturated heterocycles. The first kappa shape index (κ1) is 13.6. The van der Waals surface area contributed by atoms with E-state index in [0.717, 1.165) is 17.4 Å². The van der Waals surface area contributed by atoms with Crippen molar-refractivity contribution in [3.8, 4) is 0 Å². The number of rotatable bonds is 6. The van der Waals surface area contributed by atoms with E-state index in [9.17, 15) is 5.11 Å². The first-order valence-electron chi connectivity index (χ1n) is 5.43. The van der Waals surface area contributed by atoms with Crippen molar-refractivity contribution in [3.63, 3.8) is 0 Å². The lowest BCUT2D eigenvalue weighted by Gasteiger charge is -2.19. The molecule has 1 atom stereocenters. The highest BCUT2D eigenvalue weighted by Gasteiger charge is 2.05. The maximum absolute atomic E-state index is 9.39.